The van der Waals surface area contributed by atoms with E-state index in [2.05, 4.69) is 4.98 Å². The number of nitrogens with zero attached hydrogens (tertiary/aromatic N) is 1. The van der Waals surface area contributed by atoms with Gasteiger partial charge in [-0.3, -0.25) is 4.79 Å². The highest BCUT2D eigenvalue weighted by atomic mass is 19.4. The Bertz CT molecular complexity index is 602. The Morgan fingerprint density at radius 2 is 1.90 bits per heavy atom. The van der Waals surface area contributed by atoms with E-state index in [-0.39, 0.29) is 18.7 Å². The number of aromatic nitrogens is 1. The molecule has 4 nitrogen and oxygen atoms in total. The Balaban J connectivity index is 2.14. The molecule has 7 heteroatoms. The zero-order chi connectivity index (χ0) is 14.8. The smallest absolute Gasteiger partial charge is 0.416 e. The number of carboxylic acid groups (broad SMARTS) is 1. The normalized spacial score (nSPS) is 11.6. The van der Waals surface area contributed by atoms with Crippen LogP contribution in [0.5, 0.6) is 0 Å². The number of hydrogen-bond acceptors (Lipinski definition) is 3. The first-order chi connectivity index (χ1) is 9.36. The molecule has 0 spiro atoms. The van der Waals surface area contributed by atoms with Crippen LogP contribution in [0.3, 0.4) is 0 Å². The van der Waals surface area contributed by atoms with Crippen molar-refractivity contribution in [2.75, 3.05) is 0 Å². The van der Waals surface area contributed by atoms with Crippen LogP contribution >= 0.6 is 0 Å². The second kappa shape index (κ2) is 5.36. The van der Waals surface area contributed by atoms with Gasteiger partial charge >= 0.3 is 12.1 Å². The lowest BCUT2D eigenvalue weighted by Gasteiger charge is -2.05. The molecule has 0 saturated carbocycles. The van der Waals surface area contributed by atoms with E-state index in [4.69, 9.17) is 9.52 Å². The molecule has 0 radical (unpaired) electrons. The van der Waals surface area contributed by atoms with E-state index in [0.717, 1.165) is 12.1 Å². The third-order valence-electron chi connectivity index (χ3n) is 2.61. The molecule has 0 aliphatic carbocycles. The number of oxazole rings is 1. The summed E-state index contributed by atoms with van der Waals surface area (Å²) < 4.78 is 42.3. The summed E-state index contributed by atoms with van der Waals surface area (Å²) in [5.74, 6) is -0.789. The molecule has 0 fully saturated rings. The summed E-state index contributed by atoms with van der Waals surface area (Å²) in [4.78, 5) is 14.4. The van der Waals surface area contributed by atoms with Crippen LogP contribution in [0.15, 0.2) is 34.9 Å². The van der Waals surface area contributed by atoms with Gasteiger partial charge in [-0.05, 0) is 24.3 Å². The molecule has 2 rings (SSSR count). The van der Waals surface area contributed by atoms with Gasteiger partial charge in [0.2, 0.25) is 5.89 Å². The predicted octanol–water partition coefficient (Wildman–Crippen LogP) is 3.38. The minimum atomic E-state index is -4.39. The van der Waals surface area contributed by atoms with E-state index >= 15 is 0 Å². The van der Waals surface area contributed by atoms with Crippen molar-refractivity contribution in [1.29, 1.82) is 0 Å². The number of benzene rings is 1. The van der Waals surface area contributed by atoms with Gasteiger partial charge in [-0.2, -0.15) is 13.2 Å². The fraction of sp³-hybridized carbons (Fsp3) is 0.231. The van der Waals surface area contributed by atoms with Gasteiger partial charge < -0.3 is 9.52 Å². The van der Waals surface area contributed by atoms with Crippen molar-refractivity contribution in [3.63, 3.8) is 0 Å². The first-order valence-electron chi connectivity index (χ1n) is 5.70. The molecule has 106 valence electrons. The lowest BCUT2D eigenvalue weighted by atomic mass is 10.1. The maximum absolute atomic E-state index is 12.4. The van der Waals surface area contributed by atoms with Crippen molar-refractivity contribution < 1.29 is 27.5 Å². The molecule has 0 bridgehead atoms. The highest BCUT2D eigenvalue weighted by molar-refractivity contribution is 5.67. The minimum absolute atomic E-state index is 0.0843. The maximum atomic E-state index is 12.4. The quantitative estimate of drug-likeness (QED) is 0.935. The maximum Gasteiger partial charge on any atom is 0.416 e. The van der Waals surface area contributed by atoms with Gasteiger partial charge in [-0.15, -0.1) is 0 Å². The lowest BCUT2D eigenvalue weighted by molar-refractivity contribution is -0.138. The number of halogens is 3. The number of aliphatic carboxylic acids is 1. The SMILES string of the molecule is O=C(O)CCc1coc(-c2ccc(C(F)(F)F)cc2)n1. The Morgan fingerprint density at radius 3 is 2.45 bits per heavy atom. The van der Waals surface area contributed by atoms with Gasteiger partial charge in [0, 0.05) is 12.0 Å². The van der Waals surface area contributed by atoms with Gasteiger partial charge in [-0.25, -0.2) is 4.98 Å². The Kier molecular flexibility index (Phi) is 3.78. The summed E-state index contributed by atoms with van der Waals surface area (Å²) in [7, 11) is 0. The third-order valence-corrected chi connectivity index (χ3v) is 2.61. The Hall–Kier alpha value is -2.31. The minimum Gasteiger partial charge on any atom is -0.481 e. The third kappa shape index (κ3) is 3.37. The molecule has 1 heterocycles. The summed E-state index contributed by atoms with van der Waals surface area (Å²) in [5.41, 5.74) is 0.0979. The Labute approximate surface area is 111 Å². The Morgan fingerprint density at radius 1 is 1.25 bits per heavy atom. The van der Waals surface area contributed by atoms with Crippen molar-refractivity contribution in [2.24, 2.45) is 0 Å². The predicted molar refractivity (Wildman–Crippen MR) is 62.9 cm³/mol. The molecule has 0 atom stereocenters. The van der Waals surface area contributed by atoms with Crippen LogP contribution in [0.4, 0.5) is 13.2 Å². The van der Waals surface area contributed by atoms with Crippen LogP contribution in [0.2, 0.25) is 0 Å². The molecule has 20 heavy (non-hydrogen) atoms. The average Bonchev–Trinajstić information content (AvgIpc) is 2.84. The monoisotopic (exact) mass is 285 g/mol. The van der Waals surface area contributed by atoms with Crippen LogP contribution in [-0.4, -0.2) is 16.1 Å². The summed E-state index contributed by atoms with van der Waals surface area (Å²) >= 11 is 0. The van der Waals surface area contributed by atoms with E-state index in [1.165, 1.54) is 18.4 Å². The molecule has 2 aromatic rings. The number of hydrogen-bond donors (Lipinski definition) is 1. The van der Waals surface area contributed by atoms with Crippen LogP contribution in [0.1, 0.15) is 17.7 Å². The highest BCUT2D eigenvalue weighted by Gasteiger charge is 2.30. The molecule has 0 aliphatic heterocycles. The standard InChI is InChI=1S/C13H10F3NO3/c14-13(15,16)9-3-1-8(2-4-9)12-17-10(7-20-12)5-6-11(18)19/h1-4,7H,5-6H2,(H,18,19). The second-order valence-corrected chi connectivity index (χ2v) is 4.11. The fourth-order valence-corrected chi connectivity index (χ4v) is 1.59. The molecule has 0 aliphatic rings. The lowest BCUT2D eigenvalue weighted by Crippen LogP contribution is -2.04. The van der Waals surface area contributed by atoms with Gasteiger partial charge in [0.25, 0.3) is 0 Å². The molecule has 1 aromatic heterocycles. The van der Waals surface area contributed by atoms with E-state index in [9.17, 15) is 18.0 Å². The highest BCUT2D eigenvalue weighted by Crippen LogP contribution is 2.30. The fourth-order valence-electron chi connectivity index (χ4n) is 1.59. The number of aryl methyl sites for hydroxylation is 1. The van der Waals surface area contributed by atoms with Gasteiger partial charge in [0.1, 0.15) is 6.26 Å². The largest absolute Gasteiger partial charge is 0.481 e. The molecule has 0 saturated heterocycles. The number of alkyl halides is 3. The molecule has 0 unspecified atom stereocenters. The summed E-state index contributed by atoms with van der Waals surface area (Å²) in [5, 5.41) is 8.54. The average molecular weight is 285 g/mol. The first kappa shape index (κ1) is 14.1. The topological polar surface area (TPSA) is 63.3 Å². The zero-order valence-corrected chi connectivity index (χ0v) is 10.1. The van der Waals surface area contributed by atoms with E-state index < -0.39 is 17.7 Å². The zero-order valence-electron chi connectivity index (χ0n) is 10.1. The molecular weight excluding hydrogens is 275 g/mol. The molecule has 1 aromatic carbocycles. The summed E-state index contributed by atoms with van der Waals surface area (Å²) in [6, 6.07) is 4.40. The van der Waals surface area contributed by atoms with Crippen molar-refractivity contribution in [2.45, 2.75) is 19.0 Å². The van der Waals surface area contributed by atoms with Crippen molar-refractivity contribution in [1.82, 2.24) is 4.98 Å². The van der Waals surface area contributed by atoms with E-state index in [0.29, 0.717) is 11.3 Å². The van der Waals surface area contributed by atoms with Crippen LogP contribution < -0.4 is 0 Å². The molecule has 0 amide bonds. The molecule has 1 N–H and O–H groups in total. The van der Waals surface area contributed by atoms with E-state index in [1.54, 1.807) is 0 Å². The summed E-state index contributed by atoms with van der Waals surface area (Å²) in [6.45, 7) is 0. The number of carboxylic acids is 1. The number of carbonyl (C=O) groups is 1. The number of rotatable bonds is 4. The van der Waals surface area contributed by atoms with Crippen LogP contribution in [0.25, 0.3) is 11.5 Å². The van der Waals surface area contributed by atoms with Crippen molar-refractivity contribution >= 4 is 5.97 Å². The van der Waals surface area contributed by atoms with Gasteiger partial charge in [-0.1, -0.05) is 0 Å². The molecular formula is C13H10F3NO3. The van der Waals surface area contributed by atoms with Gasteiger partial charge in [0.05, 0.1) is 17.7 Å². The van der Waals surface area contributed by atoms with Crippen molar-refractivity contribution in [3.8, 4) is 11.5 Å². The second-order valence-electron chi connectivity index (χ2n) is 4.11. The van der Waals surface area contributed by atoms with Crippen molar-refractivity contribution in [3.05, 3.63) is 41.8 Å². The van der Waals surface area contributed by atoms with Gasteiger partial charge in [0.15, 0.2) is 0 Å². The van der Waals surface area contributed by atoms with E-state index in [1.807, 2.05) is 0 Å². The summed E-state index contributed by atoms with van der Waals surface area (Å²) in [6.07, 6.45) is -2.96. The van der Waals surface area contributed by atoms with Crippen LogP contribution in [-0.2, 0) is 17.4 Å². The van der Waals surface area contributed by atoms with Crippen LogP contribution in [0, 0.1) is 0 Å². The first-order valence-corrected chi connectivity index (χ1v) is 5.70.